The SMILES string of the molecule is [Mn].c1cc[cH-]c1.c1ccc(-c2ccc(-c3ccccc3)cc2)cc1. The van der Waals surface area contributed by atoms with E-state index >= 15 is 0 Å². The van der Waals surface area contributed by atoms with Crippen LogP contribution in [0.4, 0.5) is 0 Å². The van der Waals surface area contributed by atoms with Gasteiger partial charge in [-0.2, -0.15) is 18.2 Å². The van der Waals surface area contributed by atoms with Crippen molar-refractivity contribution < 1.29 is 17.1 Å². The predicted molar refractivity (Wildman–Crippen MR) is 99.3 cm³/mol. The molecule has 0 spiro atoms. The molecule has 1 radical (unpaired) electrons. The first-order chi connectivity index (χ1) is 11.4. The molecule has 0 nitrogen and oxygen atoms in total. The van der Waals surface area contributed by atoms with Gasteiger partial charge in [0.15, 0.2) is 0 Å². The van der Waals surface area contributed by atoms with Crippen LogP contribution >= 0.6 is 0 Å². The van der Waals surface area contributed by atoms with E-state index in [1.54, 1.807) is 0 Å². The van der Waals surface area contributed by atoms with Crippen LogP contribution in [0, 0.1) is 0 Å². The maximum Gasteiger partial charge on any atom is 0 e. The second kappa shape index (κ2) is 9.62. The van der Waals surface area contributed by atoms with E-state index in [2.05, 4.69) is 72.8 Å². The Bertz CT molecular complexity index is 710. The number of hydrogen-bond acceptors (Lipinski definition) is 0. The first-order valence-electron chi connectivity index (χ1n) is 7.81. The summed E-state index contributed by atoms with van der Waals surface area (Å²) >= 11 is 0. The van der Waals surface area contributed by atoms with Gasteiger partial charge in [0.2, 0.25) is 0 Å². The maximum atomic E-state index is 2.18. The summed E-state index contributed by atoms with van der Waals surface area (Å²) in [5.74, 6) is 0. The van der Waals surface area contributed by atoms with Gasteiger partial charge >= 0.3 is 0 Å². The molecule has 0 aromatic heterocycles. The topological polar surface area (TPSA) is 0 Å². The molecule has 0 atom stereocenters. The van der Waals surface area contributed by atoms with Crippen molar-refractivity contribution in [2.24, 2.45) is 0 Å². The molecule has 119 valence electrons. The summed E-state index contributed by atoms with van der Waals surface area (Å²) in [6, 6.07) is 39.6. The van der Waals surface area contributed by atoms with E-state index in [1.165, 1.54) is 22.3 Å². The van der Waals surface area contributed by atoms with Gasteiger partial charge in [0, 0.05) is 17.1 Å². The van der Waals surface area contributed by atoms with E-state index in [4.69, 9.17) is 0 Å². The molecule has 0 aliphatic heterocycles. The molecule has 4 aromatic carbocycles. The van der Waals surface area contributed by atoms with Gasteiger partial charge in [-0.3, -0.25) is 0 Å². The molecule has 0 amide bonds. The van der Waals surface area contributed by atoms with Crippen molar-refractivity contribution in [3.63, 3.8) is 0 Å². The predicted octanol–water partition coefficient (Wildman–Crippen LogP) is 6.42. The van der Waals surface area contributed by atoms with E-state index < -0.39 is 0 Å². The van der Waals surface area contributed by atoms with Crippen molar-refractivity contribution in [3.05, 3.63) is 115 Å². The van der Waals surface area contributed by atoms with E-state index in [0.29, 0.717) is 0 Å². The third-order valence-corrected chi connectivity index (χ3v) is 3.65. The van der Waals surface area contributed by atoms with Crippen molar-refractivity contribution in [3.8, 4) is 22.3 Å². The van der Waals surface area contributed by atoms with E-state index in [-0.39, 0.29) is 17.1 Å². The Morgan fingerprint density at radius 2 is 0.708 bits per heavy atom. The van der Waals surface area contributed by atoms with Crippen LogP contribution < -0.4 is 0 Å². The molecule has 0 saturated heterocycles. The molecule has 0 saturated carbocycles. The van der Waals surface area contributed by atoms with Crippen LogP contribution in [0.25, 0.3) is 22.3 Å². The minimum absolute atomic E-state index is 0. The second-order valence-electron chi connectivity index (χ2n) is 5.27. The molecule has 4 aromatic rings. The molecule has 0 fully saturated rings. The average Bonchev–Trinajstić information content (AvgIpc) is 3.23. The van der Waals surface area contributed by atoms with Crippen LogP contribution in [0.3, 0.4) is 0 Å². The molecule has 0 heterocycles. The summed E-state index contributed by atoms with van der Waals surface area (Å²) in [5.41, 5.74) is 5.04. The fourth-order valence-corrected chi connectivity index (χ4v) is 2.44. The largest absolute Gasteiger partial charge is 0.214 e. The molecule has 0 unspecified atom stereocenters. The minimum Gasteiger partial charge on any atom is -0.214 e. The van der Waals surface area contributed by atoms with Crippen molar-refractivity contribution in [2.45, 2.75) is 0 Å². The van der Waals surface area contributed by atoms with Gasteiger partial charge in [-0.15, -0.1) is 0 Å². The Morgan fingerprint density at radius 1 is 0.375 bits per heavy atom. The van der Waals surface area contributed by atoms with Crippen molar-refractivity contribution in [2.75, 3.05) is 0 Å². The molecule has 24 heavy (non-hydrogen) atoms. The van der Waals surface area contributed by atoms with Crippen molar-refractivity contribution in [1.82, 2.24) is 0 Å². The molecule has 1 heteroatoms. The summed E-state index contributed by atoms with van der Waals surface area (Å²) in [5, 5.41) is 0. The number of benzene rings is 3. The van der Waals surface area contributed by atoms with Crippen LogP contribution in [-0.2, 0) is 17.1 Å². The summed E-state index contributed by atoms with van der Waals surface area (Å²) in [7, 11) is 0. The second-order valence-corrected chi connectivity index (χ2v) is 5.27. The Balaban J connectivity index is 0.000000300. The van der Waals surface area contributed by atoms with Crippen molar-refractivity contribution >= 4 is 0 Å². The zero-order valence-corrected chi connectivity index (χ0v) is 14.5. The number of hydrogen-bond donors (Lipinski definition) is 0. The molecular formula is C23H19Mn-. The fourth-order valence-electron chi connectivity index (χ4n) is 2.44. The van der Waals surface area contributed by atoms with Crippen molar-refractivity contribution in [1.29, 1.82) is 0 Å². The van der Waals surface area contributed by atoms with Gasteiger partial charge in [0.25, 0.3) is 0 Å². The van der Waals surface area contributed by atoms with E-state index in [1.807, 2.05) is 42.5 Å². The monoisotopic (exact) mass is 350 g/mol. The van der Waals surface area contributed by atoms with E-state index in [9.17, 15) is 0 Å². The standard InChI is InChI=1S/C18H14.C5H5.Mn/c1-3-7-15(8-4-1)17-11-13-18(14-12-17)16-9-5-2-6-10-16;1-2-4-5-3-1;/h1-14H;1-5H;/q;-1;. The van der Waals surface area contributed by atoms with Crippen LogP contribution in [0.15, 0.2) is 115 Å². The molecular weight excluding hydrogens is 331 g/mol. The summed E-state index contributed by atoms with van der Waals surface area (Å²) in [6.07, 6.45) is 0. The van der Waals surface area contributed by atoms with Crippen LogP contribution in [0.1, 0.15) is 0 Å². The van der Waals surface area contributed by atoms with Gasteiger partial charge in [0.05, 0.1) is 0 Å². The quantitative estimate of drug-likeness (QED) is 0.289. The fraction of sp³-hybridized carbons (Fsp3) is 0. The Hall–Kier alpha value is -2.47. The Morgan fingerprint density at radius 3 is 1.00 bits per heavy atom. The Labute approximate surface area is 154 Å². The first kappa shape index (κ1) is 17.9. The molecule has 0 N–H and O–H groups in total. The zero-order chi connectivity index (χ0) is 15.7. The normalized spacial score (nSPS) is 9.33. The summed E-state index contributed by atoms with van der Waals surface area (Å²) in [6.45, 7) is 0. The molecule has 0 bridgehead atoms. The Kier molecular flexibility index (Phi) is 7.17. The van der Waals surface area contributed by atoms with Gasteiger partial charge in [-0.05, 0) is 22.3 Å². The summed E-state index contributed by atoms with van der Waals surface area (Å²) < 4.78 is 0. The zero-order valence-electron chi connectivity index (χ0n) is 13.3. The molecule has 4 rings (SSSR count). The average molecular weight is 350 g/mol. The van der Waals surface area contributed by atoms with Crippen LogP contribution in [0.2, 0.25) is 0 Å². The van der Waals surface area contributed by atoms with Gasteiger partial charge < -0.3 is 0 Å². The maximum absolute atomic E-state index is 2.18. The van der Waals surface area contributed by atoms with Gasteiger partial charge in [0.1, 0.15) is 0 Å². The van der Waals surface area contributed by atoms with Gasteiger partial charge in [-0.25, -0.2) is 12.1 Å². The molecule has 0 aliphatic carbocycles. The number of rotatable bonds is 2. The van der Waals surface area contributed by atoms with Gasteiger partial charge in [-0.1, -0.05) is 84.9 Å². The van der Waals surface area contributed by atoms with Crippen LogP contribution in [0.5, 0.6) is 0 Å². The van der Waals surface area contributed by atoms with Crippen LogP contribution in [-0.4, -0.2) is 0 Å². The van der Waals surface area contributed by atoms with E-state index in [0.717, 1.165) is 0 Å². The summed E-state index contributed by atoms with van der Waals surface area (Å²) in [4.78, 5) is 0. The third kappa shape index (κ3) is 5.02. The first-order valence-corrected chi connectivity index (χ1v) is 7.81. The minimum atomic E-state index is 0. The molecule has 0 aliphatic rings. The smallest absolute Gasteiger partial charge is 0 e. The third-order valence-electron chi connectivity index (χ3n) is 3.65.